The number of urea groups is 1. The van der Waals surface area contributed by atoms with Crippen LogP contribution in [0.1, 0.15) is 59.8 Å². The number of Topliss-reactive ketones (excluding diaryl/α,β-unsaturated/α-hetero) is 1. The van der Waals surface area contributed by atoms with Gasteiger partial charge in [-0.05, 0) is 47.1 Å². The van der Waals surface area contributed by atoms with Crippen molar-refractivity contribution >= 4 is 17.8 Å². The average Bonchev–Trinajstić information content (AvgIpc) is 2.79. The van der Waals surface area contributed by atoms with Gasteiger partial charge in [-0.3, -0.25) is 4.79 Å². The molecule has 0 aromatic carbocycles. The number of hydrogen-bond acceptors (Lipinski definition) is 5. The third-order valence-corrected chi connectivity index (χ3v) is 4.35. The van der Waals surface area contributed by atoms with Gasteiger partial charge in [-0.25, -0.2) is 9.59 Å². The monoisotopic (exact) mass is 395 g/mol. The topological polar surface area (TPSA) is 89.9 Å². The van der Waals surface area contributed by atoms with Crippen LogP contribution in [-0.2, 0) is 16.5 Å². The molecule has 1 aromatic heterocycles. The lowest BCUT2D eigenvalue weighted by Gasteiger charge is -2.28. The lowest BCUT2D eigenvalue weighted by atomic mass is 10.1. The molecule has 1 heterocycles. The summed E-state index contributed by atoms with van der Waals surface area (Å²) in [7, 11) is 3.26. The molecule has 8 nitrogen and oxygen atoms in total. The van der Waals surface area contributed by atoms with E-state index >= 15 is 0 Å². The van der Waals surface area contributed by atoms with Crippen molar-refractivity contribution in [1.82, 2.24) is 14.8 Å². The van der Waals surface area contributed by atoms with E-state index in [0.717, 1.165) is 0 Å². The number of rotatable bonds is 8. The number of nitrogens with one attached hydrogen (secondary N) is 1. The number of aromatic nitrogens is 1. The normalized spacial score (nSPS) is 11.3. The lowest BCUT2D eigenvalue weighted by molar-refractivity contribution is 0.0514. The molecule has 0 saturated carbocycles. The molecule has 8 heteroatoms. The lowest BCUT2D eigenvalue weighted by Crippen LogP contribution is -2.50. The van der Waals surface area contributed by atoms with E-state index in [2.05, 4.69) is 5.32 Å². The number of esters is 1. The van der Waals surface area contributed by atoms with E-state index in [9.17, 15) is 14.4 Å². The van der Waals surface area contributed by atoms with E-state index in [0.29, 0.717) is 29.1 Å². The Kier molecular flexibility index (Phi) is 8.23. The zero-order valence-electron chi connectivity index (χ0n) is 18.3. The molecule has 0 atom stereocenters. The predicted octanol–water partition coefficient (Wildman–Crippen LogP) is 2.46. The van der Waals surface area contributed by atoms with Gasteiger partial charge in [0.05, 0.1) is 19.8 Å². The molecule has 2 amide bonds. The molecule has 1 rings (SSSR count). The smallest absolute Gasteiger partial charge is 0.355 e. The van der Waals surface area contributed by atoms with E-state index in [1.807, 2.05) is 20.8 Å². The Morgan fingerprint density at radius 3 is 2.29 bits per heavy atom. The Morgan fingerprint density at radius 2 is 1.79 bits per heavy atom. The summed E-state index contributed by atoms with van der Waals surface area (Å²) in [6.45, 7) is 11.6. The van der Waals surface area contributed by atoms with Gasteiger partial charge in [-0.2, -0.15) is 0 Å². The third-order valence-electron chi connectivity index (χ3n) is 4.35. The van der Waals surface area contributed by atoms with Crippen LogP contribution in [0, 0.1) is 13.8 Å². The van der Waals surface area contributed by atoms with Crippen molar-refractivity contribution in [1.29, 1.82) is 0 Å². The van der Waals surface area contributed by atoms with Crippen molar-refractivity contribution in [3.63, 3.8) is 0 Å². The first kappa shape index (κ1) is 23.7. The number of methoxy groups -OCH3 is 1. The van der Waals surface area contributed by atoms with Gasteiger partial charge in [-0.1, -0.05) is 0 Å². The fourth-order valence-corrected chi connectivity index (χ4v) is 2.98. The molecule has 28 heavy (non-hydrogen) atoms. The number of ketones is 1. The number of carbonyl (C=O) groups is 3. The summed E-state index contributed by atoms with van der Waals surface area (Å²) in [6, 6.07) is -0.338. The first-order valence-corrected chi connectivity index (χ1v) is 9.36. The summed E-state index contributed by atoms with van der Waals surface area (Å²) in [5, 5.41) is 2.87. The zero-order chi connectivity index (χ0) is 21.6. The number of hydrogen-bond donors (Lipinski definition) is 1. The molecular formula is C20H33N3O5. The van der Waals surface area contributed by atoms with Crippen molar-refractivity contribution in [3.05, 3.63) is 22.5 Å². The molecule has 0 aliphatic heterocycles. The minimum Gasteiger partial charge on any atom is -0.461 e. The van der Waals surface area contributed by atoms with Crippen LogP contribution >= 0.6 is 0 Å². The van der Waals surface area contributed by atoms with Crippen LogP contribution in [0.4, 0.5) is 4.79 Å². The Hall–Kier alpha value is -2.35. The molecule has 0 bridgehead atoms. The Balaban J connectivity index is 3.16. The minimum absolute atomic E-state index is 0.112. The molecule has 0 saturated heterocycles. The van der Waals surface area contributed by atoms with Gasteiger partial charge in [0.1, 0.15) is 5.69 Å². The Labute approximate surface area is 167 Å². The molecule has 0 aliphatic carbocycles. The molecule has 158 valence electrons. The van der Waals surface area contributed by atoms with Crippen LogP contribution in [-0.4, -0.2) is 66.2 Å². The molecule has 0 unspecified atom stereocenters. The van der Waals surface area contributed by atoms with Crippen molar-refractivity contribution in [3.8, 4) is 0 Å². The number of nitrogens with zero attached hydrogens (tertiary/aromatic N) is 2. The largest absolute Gasteiger partial charge is 0.461 e. The molecule has 0 aliphatic rings. The van der Waals surface area contributed by atoms with Crippen LogP contribution in [0.25, 0.3) is 0 Å². The molecule has 0 radical (unpaired) electrons. The maximum Gasteiger partial charge on any atom is 0.355 e. The van der Waals surface area contributed by atoms with Crippen LogP contribution in [0.15, 0.2) is 0 Å². The highest BCUT2D eigenvalue weighted by molar-refractivity contribution is 6.04. The maximum atomic E-state index is 13.0. The van der Waals surface area contributed by atoms with Gasteiger partial charge in [-0.15, -0.1) is 0 Å². The van der Waals surface area contributed by atoms with Gasteiger partial charge in [0.25, 0.3) is 0 Å². The van der Waals surface area contributed by atoms with Crippen molar-refractivity contribution < 1.29 is 23.9 Å². The van der Waals surface area contributed by atoms with Crippen LogP contribution < -0.4 is 5.32 Å². The van der Waals surface area contributed by atoms with Gasteiger partial charge in [0.2, 0.25) is 0 Å². The molecule has 0 spiro atoms. The van der Waals surface area contributed by atoms with Gasteiger partial charge >= 0.3 is 12.0 Å². The average molecular weight is 396 g/mol. The SMILES string of the molecule is CCOC(=O)c1c(C)c(C(=O)CN(CCOC)C(=O)NC(C)(C)C)c(C)n1C. The predicted molar refractivity (Wildman–Crippen MR) is 107 cm³/mol. The highest BCUT2D eigenvalue weighted by Crippen LogP contribution is 2.23. The van der Waals surface area contributed by atoms with E-state index in [-0.39, 0.29) is 31.5 Å². The quantitative estimate of drug-likeness (QED) is 0.539. The van der Waals surface area contributed by atoms with Gasteiger partial charge in [0, 0.05) is 37.5 Å². The molecule has 0 fully saturated rings. The number of carbonyl (C=O) groups excluding carboxylic acids is 3. The Bertz CT molecular complexity index is 731. The van der Waals surface area contributed by atoms with E-state index < -0.39 is 11.5 Å². The van der Waals surface area contributed by atoms with Crippen molar-refractivity contribution in [2.45, 2.75) is 47.1 Å². The van der Waals surface area contributed by atoms with Crippen molar-refractivity contribution in [2.24, 2.45) is 7.05 Å². The second-order valence-electron chi connectivity index (χ2n) is 7.73. The fraction of sp³-hybridized carbons (Fsp3) is 0.650. The van der Waals surface area contributed by atoms with Crippen LogP contribution in [0.5, 0.6) is 0 Å². The third kappa shape index (κ3) is 5.82. The summed E-state index contributed by atoms with van der Waals surface area (Å²) >= 11 is 0. The summed E-state index contributed by atoms with van der Waals surface area (Å²) in [6.07, 6.45) is 0. The first-order chi connectivity index (χ1) is 12.9. The molecule has 1 aromatic rings. The van der Waals surface area contributed by atoms with Crippen molar-refractivity contribution in [2.75, 3.05) is 33.4 Å². The number of amides is 2. The maximum absolute atomic E-state index is 13.0. The van der Waals surface area contributed by atoms with E-state index in [1.165, 1.54) is 4.90 Å². The van der Waals surface area contributed by atoms with Gasteiger partial charge in [0.15, 0.2) is 5.78 Å². The Morgan fingerprint density at radius 1 is 1.18 bits per heavy atom. The summed E-state index contributed by atoms with van der Waals surface area (Å²) < 4.78 is 11.8. The summed E-state index contributed by atoms with van der Waals surface area (Å²) in [5.74, 6) is -0.701. The highest BCUT2D eigenvalue weighted by atomic mass is 16.5. The minimum atomic E-state index is -0.466. The standard InChI is InChI=1S/C20H33N3O5/c1-9-28-18(25)17-13(2)16(14(3)22(17)7)15(24)12-23(10-11-27-8)19(26)21-20(4,5)6/h9-12H2,1-8H3,(H,21,26). The zero-order valence-corrected chi connectivity index (χ0v) is 18.3. The van der Waals surface area contributed by atoms with E-state index in [1.54, 1.807) is 39.5 Å². The van der Waals surface area contributed by atoms with E-state index in [4.69, 9.17) is 9.47 Å². The van der Waals surface area contributed by atoms with Crippen LogP contribution in [0.2, 0.25) is 0 Å². The van der Waals surface area contributed by atoms with Gasteiger partial charge < -0.3 is 24.3 Å². The first-order valence-electron chi connectivity index (χ1n) is 9.36. The summed E-state index contributed by atoms with van der Waals surface area (Å²) in [4.78, 5) is 39.3. The highest BCUT2D eigenvalue weighted by Gasteiger charge is 2.28. The molecule has 1 N–H and O–H groups in total. The fourth-order valence-electron chi connectivity index (χ4n) is 2.98. The summed E-state index contributed by atoms with van der Waals surface area (Å²) in [5.41, 5.74) is 1.59. The second-order valence-corrected chi connectivity index (χ2v) is 7.73. The van der Waals surface area contributed by atoms with Crippen LogP contribution in [0.3, 0.4) is 0 Å². The number of ether oxygens (including phenoxy) is 2. The molecular weight excluding hydrogens is 362 g/mol. The second kappa shape index (κ2) is 9.73.